The van der Waals surface area contributed by atoms with Crippen LogP contribution in [-0.2, 0) is 11.3 Å². The second kappa shape index (κ2) is 9.54. The molecule has 2 rings (SSSR count). The number of carbonyl (C=O) groups excluding carboxylic acids is 2. The van der Waals surface area contributed by atoms with E-state index in [9.17, 15) is 9.59 Å². The number of halogens is 1. The van der Waals surface area contributed by atoms with Crippen molar-refractivity contribution < 1.29 is 14.3 Å². The Balaban J connectivity index is 1.66. The molecule has 25 heavy (non-hydrogen) atoms. The lowest BCUT2D eigenvalue weighted by Crippen LogP contribution is -2.37. The zero-order chi connectivity index (χ0) is 18.1. The fourth-order valence-electron chi connectivity index (χ4n) is 2.05. The molecule has 0 unspecified atom stereocenters. The van der Waals surface area contributed by atoms with Crippen molar-refractivity contribution in [1.29, 1.82) is 0 Å². The summed E-state index contributed by atoms with van der Waals surface area (Å²) in [5.41, 5.74) is 1.63. The average Bonchev–Trinajstić information content (AvgIpc) is 2.58. The summed E-state index contributed by atoms with van der Waals surface area (Å²) >= 11 is 5.81. The molecular formula is C18H20ClN3O3. The van der Waals surface area contributed by atoms with Crippen LogP contribution in [0.2, 0.25) is 5.02 Å². The summed E-state index contributed by atoms with van der Waals surface area (Å²) < 4.78 is 5.55. The summed E-state index contributed by atoms with van der Waals surface area (Å²) in [6.07, 6.45) is 0. The number of nitrogens with one attached hydrogen (secondary N) is 3. The quantitative estimate of drug-likeness (QED) is 0.663. The summed E-state index contributed by atoms with van der Waals surface area (Å²) in [6.45, 7) is 2.54. The van der Waals surface area contributed by atoms with Crippen molar-refractivity contribution in [1.82, 2.24) is 10.6 Å². The lowest BCUT2D eigenvalue weighted by atomic mass is 10.2. The summed E-state index contributed by atoms with van der Waals surface area (Å²) in [5, 5.41) is 8.80. The lowest BCUT2D eigenvalue weighted by Gasteiger charge is -2.10. The maximum absolute atomic E-state index is 11.7. The van der Waals surface area contributed by atoms with Crippen molar-refractivity contribution in [2.75, 3.05) is 18.5 Å². The average molecular weight is 362 g/mol. The molecule has 3 amide bonds. The highest BCUT2D eigenvalue weighted by Gasteiger charge is 2.02. The summed E-state index contributed by atoms with van der Waals surface area (Å²) in [7, 11) is 0. The molecule has 132 valence electrons. The smallest absolute Gasteiger partial charge is 0.315 e. The van der Waals surface area contributed by atoms with Crippen molar-refractivity contribution in [2.45, 2.75) is 13.5 Å². The van der Waals surface area contributed by atoms with Gasteiger partial charge in [-0.1, -0.05) is 29.8 Å². The molecule has 0 atom stereocenters. The van der Waals surface area contributed by atoms with Crippen molar-refractivity contribution in [3.05, 3.63) is 59.1 Å². The minimum atomic E-state index is -0.273. The number of carbonyl (C=O) groups is 2. The van der Waals surface area contributed by atoms with Gasteiger partial charge in [-0.3, -0.25) is 4.79 Å². The maximum atomic E-state index is 11.7. The van der Waals surface area contributed by atoms with E-state index in [1.807, 2.05) is 12.1 Å². The van der Waals surface area contributed by atoms with Crippen LogP contribution in [0.4, 0.5) is 10.5 Å². The van der Waals surface area contributed by atoms with Gasteiger partial charge in [0.15, 0.2) is 0 Å². The van der Waals surface area contributed by atoms with E-state index in [0.29, 0.717) is 36.2 Å². The van der Waals surface area contributed by atoms with Crippen LogP contribution in [0.25, 0.3) is 0 Å². The van der Waals surface area contributed by atoms with Gasteiger partial charge in [0, 0.05) is 30.2 Å². The Hall–Kier alpha value is -2.73. The molecule has 2 aromatic rings. The summed E-state index contributed by atoms with van der Waals surface area (Å²) in [4.78, 5) is 22.7. The van der Waals surface area contributed by atoms with Gasteiger partial charge in [-0.25, -0.2) is 4.79 Å². The lowest BCUT2D eigenvalue weighted by molar-refractivity contribution is -0.114. The van der Waals surface area contributed by atoms with E-state index in [-0.39, 0.29) is 11.9 Å². The summed E-state index contributed by atoms with van der Waals surface area (Å²) in [5.74, 6) is 0.478. The zero-order valence-electron chi connectivity index (χ0n) is 13.8. The van der Waals surface area contributed by atoms with Crippen LogP contribution in [0.3, 0.4) is 0 Å². The highest BCUT2D eigenvalue weighted by molar-refractivity contribution is 6.30. The molecule has 0 aliphatic heterocycles. The number of anilines is 1. The third-order valence-corrected chi connectivity index (χ3v) is 3.43. The van der Waals surface area contributed by atoms with E-state index in [0.717, 1.165) is 5.56 Å². The molecule has 0 spiro atoms. The second-order valence-electron chi connectivity index (χ2n) is 5.29. The Bertz CT molecular complexity index is 720. The molecule has 0 bridgehead atoms. The highest BCUT2D eigenvalue weighted by atomic mass is 35.5. The van der Waals surface area contributed by atoms with Crippen molar-refractivity contribution in [3.8, 4) is 5.75 Å². The monoisotopic (exact) mass is 361 g/mol. The number of rotatable bonds is 7. The van der Waals surface area contributed by atoms with Crippen LogP contribution in [-0.4, -0.2) is 25.1 Å². The van der Waals surface area contributed by atoms with Gasteiger partial charge in [0.2, 0.25) is 5.91 Å². The number of hydrogen-bond donors (Lipinski definition) is 3. The van der Waals surface area contributed by atoms with Crippen molar-refractivity contribution in [2.24, 2.45) is 0 Å². The molecule has 2 aromatic carbocycles. The Morgan fingerprint density at radius 2 is 1.84 bits per heavy atom. The van der Waals surface area contributed by atoms with Gasteiger partial charge in [0.05, 0.1) is 6.54 Å². The van der Waals surface area contributed by atoms with Crippen LogP contribution in [0.1, 0.15) is 12.5 Å². The van der Waals surface area contributed by atoms with Crippen LogP contribution in [0, 0.1) is 0 Å². The molecule has 0 saturated heterocycles. The fraction of sp³-hybridized carbons (Fsp3) is 0.222. The first kappa shape index (κ1) is 18.6. The summed E-state index contributed by atoms with van der Waals surface area (Å²) in [6, 6.07) is 14.1. The minimum absolute atomic E-state index is 0.142. The molecule has 0 fully saturated rings. The molecule has 0 aliphatic carbocycles. The predicted octanol–water partition coefficient (Wildman–Crippen LogP) is 3.18. The van der Waals surface area contributed by atoms with E-state index in [2.05, 4.69) is 16.0 Å². The van der Waals surface area contributed by atoms with Gasteiger partial charge in [-0.05, 0) is 29.8 Å². The predicted molar refractivity (Wildman–Crippen MR) is 97.9 cm³/mol. The molecule has 0 heterocycles. The normalized spacial score (nSPS) is 10.0. The third kappa shape index (κ3) is 7.14. The Labute approximate surface area is 151 Å². The number of urea groups is 1. The van der Waals surface area contributed by atoms with E-state index in [1.54, 1.807) is 36.4 Å². The van der Waals surface area contributed by atoms with Crippen LogP contribution in [0.5, 0.6) is 5.75 Å². The van der Waals surface area contributed by atoms with E-state index < -0.39 is 0 Å². The first-order valence-corrected chi connectivity index (χ1v) is 8.17. The highest BCUT2D eigenvalue weighted by Crippen LogP contribution is 2.17. The molecule has 6 nitrogen and oxygen atoms in total. The zero-order valence-corrected chi connectivity index (χ0v) is 14.6. The fourth-order valence-corrected chi connectivity index (χ4v) is 2.17. The van der Waals surface area contributed by atoms with Crippen molar-refractivity contribution >= 4 is 29.2 Å². The standard InChI is InChI=1S/C18H20ClN3O3/c1-13(23)22-16-3-2-4-17(11-16)25-10-9-20-18(24)21-12-14-5-7-15(19)8-6-14/h2-8,11H,9-10,12H2,1H3,(H,22,23)(H2,20,21,24). The molecular weight excluding hydrogens is 342 g/mol. The number of benzene rings is 2. The van der Waals surface area contributed by atoms with Gasteiger partial charge in [0.25, 0.3) is 0 Å². The van der Waals surface area contributed by atoms with Gasteiger partial charge in [-0.15, -0.1) is 0 Å². The Kier molecular flexibility index (Phi) is 7.10. The van der Waals surface area contributed by atoms with Gasteiger partial charge < -0.3 is 20.7 Å². The number of ether oxygens (including phenoxy) is 1. The van der Waals surface area contributed by atoms with Gasteiger partial charge >= 0.3 is 6.03 Å². The Morgan fingerprint density at radius 1 is 1.08 bits per heavy atom. The Morgan fingerprint density at radius 3 is 2.56 bits per heavy atom. The largest absolute Gasteiger partial charge is 0.492 e. The van der Waals surface area contributed by atoms with E-state index in [4.69, 9.17) is 16.3 Å². The first-order valence-electron chi connectivity index (χ1n) is 7.79. The molecule has 7 heteroatoms. The molecule has 0 saturated carbocycles. The van der Waals surface area contributed by atoms with Crippen LogP contribution < -0.4 is 20.7 Å². The van der Waals surface area contributed by atoms with Crippen LogP contribution in [0.15, 0.2) is 48.5 Å². The van der Waals surface area contributed by atoms with E-state index in [1.165, 1.54) is 6.92 Å². The molecule has 0 aliphatic rings. The molecule has 0 aromatic heterocycles. The van der Waals surface area contributed by atoms with E-state index >= 15 is 0 Å². The first-order chi connectivity index (χ1) is 12.0. The SMILES string of the molecule is CC(=O)Nc1cccc(OCCNC(=O)NCc2ccc(Cl)cc2)c1. The molecule has 0 radical (unpaired) electrons. The molecule has 3 N–H and O–H groups in total. The topological polar surface area (TPSA) is 79.5 Å². The van der Waals surface area contributed by atoms with Crippen LogP contribution >= 0.6 is 11.6 Å². The third-order valence-electron chi connectivity index (χ3n) is 3.18. The maximum Gasteiger partial charge on any atom is 0.315 e. The second-order valence-corrected chi connectivity index (χ2v) is 5.73. The minimum Gasteiger partial charge on any atom is -0.492 e. The number of amides is 3. The number of hydrogen-bond acceptors (Lipinski definition) is 3. The van der Waals surface area contributed by atoms with Crippen molar-refractivity contribution in [3.63, 3.8) is 0 Å². The van der Waals surface area contributed by atoms with Gasteiger partial charge in [0.1, 0.15) is 12.4 Å². The van der Waals surface area contributed by atoms with Gasteiger partial charge in [-0.2, -0.15) is 0 Å².